The largest absolute Gasteiger partial charge is 0.389 e. The van der Waals surface area contributed by atoms with Crippen molar-refractivity contribution in [3.63, 3.8) is 0 Å². The van der Waals surface area contributed by atoms with Gasteiger partial charge in [0.25, 0.3) is 0 Å². The second-order valence-corrected chi connectivity index (χ2v) is 6.66. The summed E-state index contributed by atoms with van der Waals surface area (Å²) < 4.78 is 0.983. The Morgan fingerprint density at radius 1 is 1.42 bits per heavy atom. The van der Waals surface area contributed by atoms with E-state index >= 15 is 0 Å². The van der Waals surface area contributed by atoms with Crippen LogP contribution in [0.5, 0.6) is 0 Å². The molecule has 1 aromatic heterocycles. The van der Waals surface area contributed by atoms with Gasteiger partial charge in [-0.05, 0) is 36.6 Å². The third kappa shape index (κ3) is 3.16. The molecule has 0 spiro atoms. The second kappa shape index (κ2) is 6.03. The number of anilines is 1. The monoisotopic (exact) mass is 354 g/mol. The third-order valence-electron chi connectivity index (χ3n) is 3.14. The summed E-state index contributed by atoms with van der Waals surface area (Å²) in [7, 11) is 2.06. The Balaban J connectivity index is 2.38. The lowest BCUT2D eigenvalue weighted by Crippen LogP contribution is -2.24. The highest BCUT2D eigenvalue weighted by Gasteiger charge is 2.17. The normalized spacial score (nSPS) is 12.2. The fourth-order valence-electron chi connectivity index (χ4n) is 1.94. The van der Waals surface area contributed by atoms with Crippen molar-refractivity contribution in [2.75, 3.05) is 11.9 Å². The highest BCUT2D eigenvalue weighted by atomic mass is 79.9. The van der Waals surface area contributed by atoms with E-state index in [4.69, 9.17) is 18.0 Å². The van der Waals surface area contributed by atoms with Gasteiger partial charge in [0.1, 0.15) is 4.99 Å². The number of benzene rings is 1. The van der Waals surface area contributed by atoms with E-state index in [1.807, 2.05) is 18.2 Å². The summed E-state index contributed by atoms with van der Waals surface area (Å²) in [6.07, 6.45) is 0. The van der Waals surface area contributed by atoms with E-state index in [1.165, 1.54) is 4.88 Å². The first-order valence-corrected chi connectivity index (χ1v) is 7.94. The van der Waals surface area contributed by atoms with Crippen LogP contribution in [0.25, 0.3) is 0 Å². The zero-order chi connectivity index (χ0) is 14.0. The van der Waals surface area contributed by atoms with Crippen LogP contribution in [0.1, 0.15) is 23.4 Å². The van der Waals surface area contributed by atoms with Crippen molar-refractivity contribution in [3.8, 4) is 0 Å². The van der Waals surface area contributed by atoms with Crippen molar-refractivity contribution in [2.45, 2.75) is 13.0 Å². The number of halogens is 1. The lowest BCUT2D eigenvalue weighted by atomic mass is 10.1. The van der Waals surface area contributed by atoms with Crippen molar-refractivity contribution in [3.05, 3.63) is 50.6 Å². The molecule has 2 rings (SSSR count). The van der Waals surface area contributed by atoms with E-state index < -0.39 is 0 Å². The van der Waals surface area contributed by atoms with Gasteiger partial charge in [-0.3, -0.25) is 0 Å². The quantitative estimate of drug-likeness (QED) is 0.827. The molecule has 0 aliphatic carbocycles. The van der Waals surface area contributed by atoms with Crippen LogP contribution in [0.4, 0.5) is 5.69 Å². The number of hydrogen-bond donors (Lipinski definition) is 1. The topological polar surface area (TPSA) is 29.3 Å². The summed E-state index contributed by atoms with van der Waals surface area (Å²) in [5.41, 5.74) is 7.78. The molecular weight excluding hydrogens is 340 g/mol. The number of nitrogens with two attached hydrogens (primary N) is 1. The van der Waals surface area contributed by atoms with E-state index in [0.29, 0.717) is 4.99 Å². The smallest absolute Gasteiger partial charge is 0.106 e. The Hall–Kier alpha value is -0.910. The summed E-state index contributed by atoms with van der Waals surface area (Å²) in [6.45, 7) is 2.18. The third-order valence-corrected chi connectivity index (χ3v) is 4.90. The highest BCUT2D eigenvalue weighted by molar-refractivity contribution is 9.10. The summed E-state index contributed by atoms with van der Waals surface area (Å²) >= 11 is 10.4. The Kier molecular flexibility index (Phi) is 4.60. The standard InChI is InChI=1S/C14H15BrN2S2/c1-9(13-4-3-7-19-13)17(2)12-6-5-10(15)8-11(12)14(16)18/h3-9H,1-2H3,(H2,16,18). The van der Waals surface area contributed by atoms with Crippen LogP contribution in [-0.4, -0.2) is 12.0 Å². The lowest BCUT2D eigenvalue weighted by molar-refractivity contribution is 0.753. The van der Waals surface area contributed by atoms with Gasteiger partial charge < -0.3 is 10.6 Å². The van der Waals surface area contributed by atoms with Crippen molar-refractivity contribution >= 4 is 50.2 Å². The highest BCUT2D eigenvalue weighted by Crippen LogP contribution is 2.31. The molecule has 0 saturated carbocycles. The van der Waals surface area contributed by atoms with Crippen LogP contribution in [0.3, 0.4) is 0 Å². The SMILES string of the molecule is CC(c1cccs1)N(C)c1ccc(Br)cc1C(N)=S. The molecule has 0 aliphatic rings. The average Bonchev–Trinajstić information content (AvgIpc) is 2.90. The van der Waals surface area contributed by atoms with E-state index in [0.717, 1.165) is 15.7 Å². The molecule has 0 fully saturated rings. The Morgan fingerprint density at radius 2 is 2.16 bits per heavy atom. The zero-order valence-corrected chi connectivity index (χ0v) is 14.0. The molecule has 2 nitrogen and oxygen atoms in total. The average molecular weight is 355 g/mol. The molecule has 0 bridgehead atoms. The van der Waals surface area contributed by atoms with E-state index in [-0.39, 0.29) is 6.04 Å². The van der Waals surface area contributed by atoms with Crippen LogP contribution in [-0.2, 0) is 0 Å². The van der Waals surface area contributed by atoms with Gasteiger partial charge in [0, 0.05) is 27.6 Å². The van der Waals surface area contributed by atoms with Crippen molar-refractivity contribution in [2.24, 2.45) is 5.73 Å². The predicted molar refractivity (Wildman–Crippen MR) is 91.2 cm³/mol. The molecule has 5 heteroatoms. The maximum atomic E-state index is 5.83. The van der Waals surface area contributed by atoms with Gasteiger partial charge in [-0.2, -0.15) is 0 Å². The van der Waals surface area contributed by atoms with Gasteiger partial charge in [0.05, 0.1) is 6.04 Å². The Bertz CT molecular complexity index is 581. The molecule has 2 N–H and O–H groups in total. The first-order chi connectivity index (χ1) is 9.00. The summed E-state index contributed by atoms with van der Waals surface area (Å²) in [6, 6.07) is 10.5. The molecule has 1 heterocycles. The molecule has 19 heavy (non-hydrogen) atoms. The summed E-state index contributed by atoms with van der Waals surface area (Å²) in [5, 5.41) is 2.09. The number of hydrogen-bond acceptors (Lipinski definition) is 3. The first kappa shape index (κ1) is 14.5. The zero-order valence-electron chi connectivity index (χ0n) is 10.8. The molecular formula is C14H15BrN2S2. The van der Waals surface area contributed by atoms with E-state index in [1.54, 1.807) is 11.3 Å². The van der Waals surface area contributed by atoms with Gasteiger partial charge in [-0.1, -0.05) is 34.2 Å². The Morgan fingerprint density at radius 3 is 2.74 bits per heavy atom. The molecule has 2 aromatic rings. The lowest BCUT2D eigenvalue weighted by Gasteiger charge is -2.28. The number of nitrogens with zero attached hydrogens (tertiary/aromatic N) is 1. The molecule has 1 aromatic carbocycles. The van der Waals surface area contributed by atoms with Crippen molar-refractivity contribution in [1.82, 2.24) is 0 Å². The van der Waals surface area contributed by atoms with Gasteiger partial charge in [0.2, 0.25) is 0 Å². The molecule has 0 aliphatic heterocycles. The van der Waals surface area contributed by atoms with Crippen LogP contribution >= 0.6 is 39.5 Å². The minimum atomic E-state index is 0.286. The van der Waals surface area contributed by atoms with Gasteiger partial charge in [-0.25, -0.2) is 0 Å². The van der Waals surface area contributed by atoms with Crippen molar-refractivity contribution in [1.29, 1.82) is 0 Å². The van der Waals surface area contributed by atoms with Crippen molar-refractivity contribution < 1.29 is 0 Å². The first-order valence-electron chi connectivity index (χ1n) is 5.86. The molecule has 1 atom stereocenters. The molecule has 0 amide bonds. The fraction of sp³-hybridized carbons (Fsp3) is 0.214. The Labute approximate surface area is 131 Å². The van der Waals surface area contributed by atoms with Crippen LogP contribution in [0.15, 0.2) is 40.2 Å². The van der Waals surface area contributed by atoms with Crippen LogP contribution in [0, 0.1) is 0 Å². The molecule has 100 valence electrons. The molecule has 0 radical (unpaired) electrons. The number of thiophene rings is 1. The van der Waals surface area contributed by atoms with Gasteiger partial charge in [0.15, 0.2) is 0 Å². The maximum absolute atomic E-state index is 5.83. The van der Waals surface area contributed by atoms with E-state index in [2.05, 4.69) is 52.3 Å². The van der Waals surface area contributed by atoms with Gasteiger partial charge >= 0.3 is 0 Å². The molecule has 1 unspecified atom stereocenters. The van der Waals surface area contributed by atoms with Gasteiger partial charge in [-0.15, -0.1) is 11.3 Å². The second-order valence-electron chi connectivity index (χ2n) is 4.33. The summed E-state index contributed by atoms with van der Waals surface area (Å²) in [5.74, 6) is 0. The van der Waals surface area contributed by atoms with E-state index in [9.17, 15) is 0 Å². The minimum absolute atomic E-state index is 0.286. The van der Waals surface area contributed by atoms with Crippen LogP contribution in [0.2, 0.25) is 0 Å². The minimum Gasteiger partial charge on any atom is -0.389 e. The summed E-state index contributed by atoms with van der Waals surface area (Å²) in [4.78, 5) is 3.94. The number of thiocarbonyl (C=S) groups is 1. The maximum Gasteiger partial charge on any atom is 0.106 e. The fourth-order valence-corrected chi connectivity index (χ4v) is 3.29. The number of rotatable bonds is 4. The molecule has 0 saturated heterocycles. The van der Waals surface area contributed by atoms with Crippen LogP contribution < -0.4 is 10.6 Å². The predicted octanol–water partition coefficient (Wildman–Crippen LogP) is 4.34.